The predicted octanol–water partition coefficient (Wildman–Crippen LogP) is 2.09. The summed E-state index contributed by atoms with van der Waals surface area (Å²) in [5.74, 6) is 1.49. The maximum Gasteiger partial charge on any atom is 0.231 e. The van der Waals surface area contributed by atoms with Crippen molar-refractivity contribution < 1.29 is 23.8 Å². The van der Waals surface area contributed by atoms with Crippen LogP contribution in [-0.4, -0.2) is 32.3 Å². The van der Waals surface area contributed by atoms with Crippen molar-refractivity contribution in [3.05, 3.63) is 48.0 Å². The predicted molar refractivity (Wildman–Crippen MR) is 97.9 cm³/mol. The molecule has 0 aliphatic carbocycles. The number of hydrogen-bond acceptors (Lipinski definition) is 5. The molecule has 7 nitrogen and oxygen atoms in total. The number of hydrogen-bond donors (Lipinski definition) is 1. The summed E-state index contributed by atoms with van der Waals surface area (Å²) in [7, 11) is 1.58. The smallest absolute Gasteiger partial charge is 0.231 e. The third-order valence-corrected chi connectivity index (χ3v) is 4.76. The van der Waals surface area contributed by atoms with Crippen LogP contribution in [-0.2, 0) is 16.1 Å². The van der Waals surface area contributed by atoms with Crippen molar-refractivity contribution in [1.29, 1.82) is 0 Å². The fraction of sp³-hybridized carbons (Fsp3) is 0.300. The van der Waals surface area contributed by atoms with Crippen LogP contribution < -0.4 is 24.4 Å². The number of carbonyl (C=O) groups is 2. The van der Waals surface area contributed by atoms with E-state index in [-0.39, 0.29) is 30.9 Å². The Bertz CT molecular complexity index is 882. The van der Waals surface area contributed by atoms with E-state index in [1.54, 1.807) is 18.1 Å². The van der Waals surface area contributed by atoms with Gasteiger partial charge in [0.05, 0.1) is 13.0 Å². The Morgan fingerprint density at radius 2 is 2.07 bits per heavy atom. The number of ether oxygens (including phenoxy) is 3. The lowest BCUT2D eigenvalue weighted by atomic mass is 10.1. The molecular weight excluding hydrogens is 348 g/mol. The van der Waals surface area contributed by atoms with Crippen molar-refractivity contribution in [3.8, 4) is 17.2 Å². The SMILES string of the molecule is COc1cccc(N2CC(C(=O)NCc3ccc4c(c3)OCO4)CC2=O)c1. The molecule has 0 saturated carbocycles. The second-order valence-corrected chi connectivity index (χ2v) is 6.51. The fourth-order valence-corrected chi connectivity index (χ4v) is 3.30. The summed E-state index contributed by atoms with van der Waals surface area (Å²) >= 11 is 0. The van der Waals surface area contributed by atoms with Gasteiger partial charge in [0, 0.05) is 31.3 Å². The molecule has 2 aromatic rings. The summed E-state index contributed by atoms with van der Waals surface area (Å²) in [6.45, 7) is 0.952. The van der Waals surface area contributed by atoms with Gasteiger partial charge in [0.2, 0.25) is 18.6 Å². The van der Waals surface area contributed by atoms with E-state index >= 15 is 0 Å². The molecule has 2 amide bonds. The lowest BCUT2D eigenvalue weighted by Gasteiger charge is -2.17. The minimum absolute atomic E-state index is 0.0634. The molecule has 1 fully saturated rings. The molecule has 1 N–H and O–H groups in total. The number of amides is 2. The molecular formula is C20H20N2O5. The van der Waals surface area contributed by atoms with E-state index in [1.807, 2.05) is 36.4 Å². The Hall–Kier alpha value is -3.22. The Morgan fingerprint density at radius 3 is 2.93 bits per heavy atom. The molecule has 27 heavy (non-hydrogen) atoms. The summed E-state index contributed by atoms with van der Waals surface area (Å²) in [6, 6.07) is 12.8. The highest BCUT2D eigenvalue weighted by atomic mass is 16.7. The van der Waals surface area contributed by atoms with Gasteiger partial charge in [-0.1, -0.05) is 12.1 Å². The number of nitrogens with one attached hydrogen (secondary N) is 1. The van der Waals surface area contributed by atoms with Gasteiger partial charge in [-0.25, -0.2) is 0 Å². The molecule has 0 bridgehead atoms. The highest BCUT2D eigenvalue weighted by Crippen LogP contribution is 2.32. The van der Waals surface area contributed by atoms with Gasteiger partial charge in [0.25, 0.3) is 0 Å². The number of nitrogens with zero attached hydrogens (tertiary/aromatic N) is 1. The molecule has 2 heterocycles. The summed E-state index contributed by atoms with van der Waals surface area (Å²) in [5.41, 5.74) is 1.66. The molecule has 1 saturated heterocycles. The van der Waals surface area contributed by atoms with E-state index in [0.29, 0.717) is 30.3 Å². The van der Waals surface area contributed by atoms with E-state index in [9.17, 15) is 9.59 Å². The summed E-state index contributed by atoms with van der Waals surface area (Å²) in [6.07, 6.45) is 0.199. The zero-order valence-electron chi connectivity index (χ0n) is 14.9. The Labute approximate surface area is 156 Å². The van der Waals surface area contributed by atoms with Crippen LogP contribution in [0.25, 0.3) is 0 Å². The minimum atomic E-state index is -0.377. The van der Waals surface area contributed by atoms with Crippen LogP contribution in [0.5, 0.6) is 17.2 Å². The van der Waals surface area contributed by atoms with E-state index in [2.05, 4.69) is 5.32 Å². The topological polar surface area (TPSA) is 77.1 Å². The first-order valence-corrected chi connectivity index (χ1v) is 8.74. The Morgan fingerprint density at radius 1 is 1.22 bits per heavy atom. The molecule has 7 heteroatoms. The van der Waals surface area contributed by atoms with Gasteiger partial charge < -0.3 is 24.4 Å². The lowest BCUT2D eigenvalue weighted by Crippen LogP contribution is -2.32. The van der Waals surface area contributed by atoms with E-state index in [0.717, 1.165) is 11.3 Å². The van der Waals surface area contributed by atoms with E-state index in [1.165, 1.54) is 0 Å². The van der Waals surface area contributed by atoms with Crippen LogP contribution in [0.1, 0.15) is 12.0 Å². The Kier molecular flexibility index (Phi) is 4.58. The Balaban J connectivity index is 1.37. The van der Waals surface area contributed by atoms with Crippen molar-refractivity contribution in [2.45, 2.75) is 13.0 Å². The summed E-state index contributed by atoms with van der Waals surface area (Å²) in [5, 5.41) is 2.91. The second-order valence-electron chi connectivity index (χ2n) is 6.51. The van der Waals surface area contributed by atoms with E-state index < -0.39 is 0 Å². The maximum atomic E-state index is 12.5. The van der Waals surface area contributed by atoms with Crippen LogP contribution in [0.4, 0.5) is 5.69 Å². The molecule has 1 unspecified atom stereocenters. The van der Waals surface area contributed by atoms with Gasteiger partial charge in [-0.2, -0.15) is 0 Å². The molecule has 4 rings (SSSR count). The molecule has 0 aromatic heterocycles. The van der Waals surface area contributed by atoms with Gasteiger partial charge >= 0.3 is 0 Å². The van der Waals surface area contributed by atoms with Crippen molar-refractivity contribution >= 4 is 17.5 Å². The average Bonchev–Trinajstić information content (AvgIpc) is 3.32. The quantitative estimate of drug-likeness (QED) is 0.875. The third kappa shape index (κ3) is 3.53. The molecule has 2 aliphatic heterocycles. The summed E-state index contributed by atoms with van der Waals surface area (Å²) < 4.78 is 15.8. The van der Waals surface area contributed by atoms with Gasteiger partial charge in [0.15, 0.2) is 11.5 Å². The molecule has 1 atom stereocenters. The zero-order chi connectivity index (χ0) is 18.8. The summed E-state index contributed by atoms with van der Waals surface area (Å²) in [4.78, 5) is 26.5. The van der Waals surface area contributed by atoms with Crippen LogP contribution >= 0.6 is 0 Å². The lowest BCUT2D eigenvalue weighted by molar-refractivity contribution is -0.126. The average molecular weight is 368 g/mol. The van der Waals surface area contributed by atoms with E-state index in [4.69, 9.17) is 14.2 Å². The maximum absolute atomic E-state index is 12.5. The number of anilines is 1. The van der Waals surface area contributed by atoms with Crippen molar-refractivity contribution in [3.63, 3.8) is 0 Å². The van der Waals surface area contributed by atoms with Crippen molar-refractivity contribution in [2.75, 3.05) is 25.3 Å². The van der Waals surface area contributed by atoms with Crippen LogP contribution in [0.3, 0.4) is 0 Å². The molecule has 2 aliphatic rings. The number of carbonyl (C=O) groups excluding carboxylic acids is 2. The van der Waals surface area contributed by atoms with Crippen LogP contribution in [0.2, 0.25) is 0 Å². The highest BCUT2D eigenvalue weighted by Gasteiger charge is 2.35. The van der Waals surface area contributed by atoms with Crippen LogP contribution in [0, 0.1) is 5.92 Å². The highest BCUT2D eigenvalue weighted by molar-refractivity contribution is 6.00. The number of benzene rings is 2. The molecule has 140 valence electrons. The molecule has 2 aromatic carbocycles. The zero-order valence-corrected chi connectivity index (χ0v) is 14.9. The normalized spacial score (nSPS) is 17.9. The fourth-order valence-electron chi connectivity index (χ4n) is 3.30. The molecule has 0 radical (unpaired) electrons. The van der Waals surface area contributed by atoms with Gasteiger partial charge in [-0.15, -0.1) is 0 Å². The first kappa shape index (κ1) is 17.2. The van der Waals surface area contributed by atoms with Crippen molar-refractivity contribution in [1.82, 2.24) is 5.32 Å². The monoisotopic (exact) mass is 368 g/mol. The number of methoxy groups -OCH3 is 1. The van der Waals surface area contributed by atoms with Crippen molar-refractivity contribution in [2.24, 2.45) is 5.92 Å². The largest absolute Gasteiger partial charge is 0.497 e. The van der Waals surface area contributed by atoms with Gasteiger partial charge in [-0.05, 0) is 29.8 Å². The first-order chi connectivity index (χ1) is 13.1. The molecule has 0 spiro atoms. The van der Waals surface area contributed by atoms with Gasteiger partial charge in [-0.3, -0.25) is 9.59 Å². The van der Waals surface area contributed by atoms with Crippen LogP contribution in [0.15, 0.2) is 42.5 Å². The first-order valence-electron chi connectivity index (χ1n) is 8.74. The van der Waals surface area contributed by atoms with Gasteiger partial charge in [0.1, 0.15) is 5.75 Å². The number of fused-ring (bicyclic) bond motifs is 1. The number of rotatable bonds is 5. The second kappa shape index (κ2) is 7.19. The third-order valence-electron chi connectivity index (χ3n) is 4.76. The standard InChI is InChI=1S/C20H20N2O5/c1-25-16-4-2-3-15(9-16)22-11-14(8-19(22)23)20(24)21-10-13-5-6-17-18(7-13)27-12-26-17/h2-7,9,14H,8,10-12H2,1H3,(H,21,24). The minimum Gasteiger partial charge on any atom is -0.497 e.